The molecule has 2 N–H and O–H groups in total. The number of benzene rings is 1. The fourth-order valence-corrected chi connectivity index (χ4v) is 1.88. The maximum Gasteiger partial charge on any atom is 0.0455 e. The maximum absolute atomic E-state index is 3.53. The molecular formula is C12H14N2. The fraction of sp³-hybridized carbons (Fsp3) is 0.333. The second-order valence-corrected chi connectivity index (χ2v) is 4.24. The Morgan fingerprint density at radius 1 is 1.36 bits per heavy atom. The van der Waals surface area contributed by atoms with Crippen LogP contribution in [-0.2, 0) is 0 Å². The van der Waals surface area contributed by atoms with Gasteiger partial charge in [-0.15, -0.1) is 0 Å². The quantitative estimate of drug-likeness (QED) is 0.741. The van der Waals surface area contributed by atoms with E-state index >= 15 is 0 Å². The molecule has 2 nitrogen and oxygen atoms in total. The highest BCUT2D eigenvalue weighted by Gasteiger charge is 2.32. The molecule has 0 bridgehead atoms. The van der Waals surface area contributed by atoms with Gasteiger partial charge in [0.05, 0.1) is 0 Å². The van der Waals surface area contributed by atoms with Crippen LogP contribution in [0.4, 0.5) is 5.69 Å². The molecule has 0 saturated heterocycles. The zero-order valence-electron chi connectivity index (χ0n) is 8.25. The van der Waals surface area contributed by atoms with Crippen LogP contribution in [0, 0.1) is 5.92 Å². The van der Waals surface area contributed by atoms with Crippen LogP contribution in [0.1, 0.15) is 13.3 Å². The second kappa shape index (κ2) is 2.77. The smallest absolute Gasteiger partial charge is 0.0455 e. The summed E-state index contributed by atoms with van der Waals surface area (Å²) >= 11 is 0. The van der Waals surface area contributed by atoms with Crippen LogP contribution >= 0.6 is 0 Å². The Kier molecular flexibility index (Phi) is 1.57. The van der Waals surface area contributed by atoms with Crippen molar-refractivity contribution in [1.82, 2.24) is 4.98 Å². The van der Waals surface area contributed by atoms with Gasteiger partial charge in [0.2, 0.25) is 0 Å². The van der Waals surface area contributed by atoms with Gasteiger partial charge in [0.15, 0.2) is 0 Å². The van der Waals surface area contributed by atoms with Crippen molar-refractivity contribution in [2.24, 2.45) is 5.92 Å². The van der Waals surface area contributed by atoms with E-state index in [-0.39, 0.29) is 0 Å². The van der Waals surface area contributed by atoms with E-state index in [2.05, 4.69) is 41.5 Å². The Morgan fingerprint density at radius 3 is 3.00 bits per heavy atom. The summed E-state index contributed by atoms with van der Waals surface area (Å²) in [6.45, 7) is 2.28. The molecule has 1 aromatic carbocycles. The van der Waals surface area contributed by atoms with E-state index in [1.165, 1.54) is 23.0 Å². The first-order chi connectivity index (χ1) is 6.83. The van der Waals surface area contributed by atoms with Gasteiger partial charge in [-0.2, -0.15) is 0 Å². The van der Waals surface area contributed by atoms with Crippen LogP contribution in [0.3, 0.4) is 0 Å². The van der Waals surface area contributed by atoms with Crippen molar-refractivity contribution < 1.29 is 0 Å². The van der Waals surface area contributed by atoms with E-state index in [1.807, 2.05) is 6.20 Å². The van der Waals surface area contributed by atoms with E-state index in [4.69, 9.17) is 0 Å². The summed E-state index contributed by atoms with van der Waals surface area (Å²) < 4.78 is 0. The van der Waals surface area contributed by atoms with Crippen molar-refractivity contribution in [3.8, 4) is 0 Å². The number of nitrogens with one attached hydrogen (secondary N) is 2. The molecule has 2 atom stereocenters. The zero-order chi connectivity index (χ0) is 9.54. The topological polar surface area (TPSA) is 27.8 Å². The molecule has 0 radical (unpaired) electrons. The van der Waals surface area contributed by atoms with Gasteiger partial charge in [0.1, 0.15) is 0 Å². The number of H-pyrrole nitrogens is 1. The van der Waals surface area contributed by atoms with Gasteiger partial charge < -0.3 is 10.3 Å². The second-order valence-electron chi connectivity index (χ2n) is 4.24. The Labute approximate surface area is 83.3 Å². The minimum Gasteiger partial charge on any atom is -0.382 e. The summed E-state index contributed by atoms with van der Waals surface area (Å²) in [5.74, 6) is 0.844. The predicted octanol–water partition coefficient (Wildman–Crippen LogP) is 2.99. The van der Waals surface area contributed by atoms with Gasteiger partial charge >= 0.3 is 0 Å². The third-order valence-electron chi connectivity index (χ3n) is 3.01. The minimum absolute atomic E-state index is 0.700. The highest BCUT2D eigenvalue weighted by molar-refractivity contribution is 5.83. The minimum atomic E-state index is 0.700. The van der Waals surface area contributed by atoms with E-state index < -0.39 is 0 Å². The van der Waals surface area contributed by atoms with Crippen LogP contribution in [0.25, 0.3) is 10.9 Å². The van der Waals surface area contributed by atoms with Crippen molar-refractivity contribution in [3.63, 3.8) is 0 Å². The lowest BCUT2D eigenvalue weighted by molar-refractivity contribution is 0.929. The van der Waals surface area contributed by atoms with Crippen molar-refractivity contribution in [2.75, 3.05) is 5.32 Å². The maximum atomic E-state index is 3.53. The summed E-state index contributed by atoms with van der Waals surface area (Å²) in [7, 11) is 0. The third kappa shape index (κ3) is 1.27. The molecule has 2 aromatic rings. The Bertz CT molecular complexity index is 458. The van der Waals surface area contributed by atoms with Gasteiger partial charge in [-0.1, -0.05) is 6.92 Å². The van der Waals surface area contributed by atoms with Crippen molar-refractivity contribution in [2.45, 2.75) is 19.4 Å². The van der Waals surface area contributed by atoms with E-state index in [1.54, 1.807) is 0 Å². The number of hydrogen-bond donors (Lipinski definition) is 2. The number of aromatic nitrogens is 1. The molecular weight excluding hydrogens is 172 g/mol. The molecule has 14 heavy (non-hydrogen) atoms. The molecule has 0 aliphatic heterocycles. The number of aromatic amines is 1. The van der Waals surface area contributed by atoms with E-state index in [0.717, 1.165) is 5.92 Å². The van der Waals surface area contributed by atoms with Crippen molar-refractivity contribution in [3.05, 3.63) is 30.5 Å². The predicted molar refractivity (Wildman–Crippen MR) is 59.5 cm³/mol. The lowest BCUT2D eigenvalue weighted by Gasteiger charge is -2.04. The molecule has 72 valence electrons. The summed E-state index contributed by atoms with van der Waals surface area (Å²) in [6.07, 6.45) is 3.29. The number of anilines is 1. The number of fused-ring (bicyclic) bond motifs is 1. The molecule has 1 fully saturated rings. The standard InChI is InChI=1S/C12H14N2/c1-8-6-12(8)14-10-2-3-11-9(7-10)4-5-13-11/h2-5,7-8,12-14H,6H2,1H3. The van der Waals surface area contributed by atoms with Crippen molar-refractivity contribution >= 4 is 16.6 Å². The molecule has 0 spiro atoms. The molecule has 2 heteroatoms. The molecule has 1 saturated carbocycles. The van der Waals surface area contributed by atoms with Crippen LogP contribution < -0.4 is 5.32 Å². The van der Waals surface area contributed by atoms with Gasteiger partial charge in [0, 0.05) is 28.8 Å². The summed E-state index contributed by atoms with van der Waals surface area (Å²) in [5.41, 5.74) is 2.45. The molecule has 1 aromatic heterocycles. The van der Waals surface area contributed by atoms with Gasteiger partial charge in [-0.25, -0.2) is 0 Å². The first-order valence-corrected chi connectivity index (χ1v) is 5.16. The number of rotatable bonds is 2. The van der Waals surface area contributed by atoms with Gasteiger partial charge in [-0.3, -0.25) is 0 Å². The number of hydrogen-bond acceptors (Lipinski definition) is 1. The van der Waals surface area contributed by atoms with Gasteiger partial charge in [-0.05, 0) is 36.6 Å². The van der Waals surface area contributed by atoms with Crippen molar-refractivity contribution in [1.29, 1.82) is 0 Å². The SMILES string of the molecule is CC1CC1Nc1ccc2[nH]ccc2c1. The molecule has 2 unspecified atom stereocenters. The first kappa shape index (κ1) is 7.92. The molecule has 1 aliphatic carbocycles. The summed E-state index contributed by atoms with van der Waals surface area (Å²) in [4.78, 5) is 3.20. The van der Waals surface area contributed by atoms with Crippen LogP contribution in [0.2, 0.25) is 0 Å². The Hall–Kier alpha value is -1.44. The summed E-state index contributed by atoms with van der Waals surface area (Å²) in [6, 6.07) is 9.29. The highest BCUT2D eigenvalue weighted by atomic mass is 15.0. The average Bonchev–Trinajstić information content (AvgIpc) is 2.70. The largest absolute Gasteiger partial charge is 0.382 e. The van der Waals surface area contributed by atoms with Crippen LogP contribution in [0.5, 0.6) is 0 Å². The van der Waals surface area contributed by atoms with E-state index in [0.29, 0.717) is 6.04 Å². The Balaban J connectivity index is 1.89. The molecule has 0 amide bonds. The molecule has 3 rings (SSSR count). The zero-order valence-corrected chi connectivity index (χ0v) is 8.25. The molecule has 1 aliphatic rings. The fourth-order valence-electron chi connectivity index (χ4n) is 1.88. The van der Waals surface area contributed by atoms with Crippen LogP contribution in [-0.4, -0.2) is 11.0 Å². The highest BCUT2D eigenvalue weighted by Crippen LogP contribution is 2.33. The van der Waals surface area contributed by atoms with E-state index in [9.17, 15) is 0 Å². The average molecular weight is 186 g/mol. The third-order valence-corrected chi connectivity index (χ3v) is 3.01. The normalized spacial score (nSPS) is 25.2. The monoisotopic (exact) mass is 186 g/mol. The van der Waals surface area contributed by atoms with Crippen LogP contribution in [0.15, 0.2) is 30.5 Å². The lowest BCUT2D eigenvalue weighted by atomic mass is 10.2. The Morgan fingerprint density at radius 2 is 2.21 bits per heavy atom. The van der Waals surface area contributed by atoms with Gasteiger partial charge in [0.25, 0.3) is 0 Å². The lowest BCUT2D eigenvalue weighted by Crippen LogP contribution is -2.02. The first-order valence-electron chi connectivity index (χ1n) is 5.16. The summed E-state index contributed by atoms with van der Waals surface area (Å²) in [5, 5.41) is 4.81. The molecule has 1 heterocycles.